The fourth-order valence-corrected chi connectivity index (χ4v) is 1.14. The van der Waals surface area contributed by atoms with Gasteiger partial charge < -0.3 is 10.2 Å². The number of carbonyl (C=O) groups excluding carboxylic acids is 1. The minimum atomic E-state index is -5.07. The predicted molar refractivity (Wildman–Crippen MR) is 55.8 cm³/mol. The number of amidine groups is 1. The number of carbonyl (C=O) groups is 1. The standard InChI is InChI=1S/C9H15F4N3O/c1-4-16(5-2)7(15-8(17)14-3)6(10)9(11,12)13/h6H,4-5H2,1-3H3,(H,14,17)/b15-7+. The van der Waals surface area contributed by atoms with Gasteiger partial charge in [-0.05, 0) is 13.8 Å². The van der Waals surface area contributed by atoms with E-state index < -0.39 is 24.2 Å². The summed E-state index contributed by atoms with van der Waals surface area (Å²) >= 11 is 0. The van der Waals surface area contributed by atoms with Gasteiger partial charge in [-0.15, -0.1) is 0 Å². The molecule has 2 amide bonds. The van der Waals surface area contributed by atoms with E-state index in [0.29, 0.717) is 0 Å². The Morgan fingerprint density at radius 3 is 2.12 bits per heavy atom. The first-order valence-electron chi connectivity index (χ1n) is 5.03. The summed E-state index contributed by atoms with van der Waals surface area (Å²) in [7, 11) is 1.20. The predicted octanol–water partition coefficient (Wildman–Crippen LogP) is 1.97. The van der Waals surface area contributed by atoms with Crippen LogP contribution >= 0.6 is 0 Å². The van der Waals surface area contributed by atoms with Crippen LogP contribution in [-0.4, -0.2) is 49.3 Å². The fraction of sp³-hybridized carbons (Fsp3) is 0.778. The molecule has 0 aromatic carbocycles. The van der Waals surface area contributed by atoms with Crippen molar-refractivity contribution >= 4 is 11.9 Å². The van der Waals surface area contributed by atoms with Crippen LogP contribution in [-0.2, 0) is 0 Å². The molecule has 1 atom stereocenters. The molecular formula is C9H15F4N3O. The van der Waals surface area contributed by atoms with E-state index in [4.69, 9.17) is 0 Å². The van der Waals surface area contributed by atoms with Crippen molar-refractivity contribution in [2.24, 2.45) is 4.99 Å². The molecule has 0 aromatic heterocycles. The molecular weight excluding hydrogens is 242 g/mol. The average molecular weight is 257 g/mol. The van der Waals surface area contributed by atoms with Crippen molar-refractivity contribution in [2.75, 3.05) is 20.1 Å². The molecule has 0 aromatic rings. The Labute approximate surface area is 96.7 Å². The van der Waals surface area contributed by atoms with Gasteiger partial charge in [-0.25, -0.2) is 9.18 Å². The molecule has 0 bridgehead atoms. The van der Waals surface area contributed by atoms with Gasteiger partial charge in [0.25, 0.3) is 6.17 Å². The normalized spacial score (nSPS) is 14.4. The van der Waals surface area contributed by atoms with Gasteiger partial charge in [-0.3, -0.25) is 0 Å². The van der Waals surface area contributed by atoms with Crippen molar-refractivity contribution in [1.29, 1.82) is 0 Å². The van der Waals surface area contributed by atoms with Gasteiger partial charge >= 0.3 is 12.2 Å². The molecule has 17 heavy (non-hydrogen) atoms. The van der Waals surface area contributed by atoms with Crippen molar-refractivity contribution in [2.45, 2.75) is 26.2 Å². The zero-order valence-corrected chi connectivity index (χ0v) is 9.81. The van der Waals surface area contributed by atoms with Crippen LogP contribution in [0.2, 0.25) is 0 Å². The fourth-order valence-electron chi connectivity index (χ4n) is 1.14. The second-order valence-electron chi connectivity index (χ2n) is 3.10. The molecule has 0 saturated carbocycles. The van der Waals surface area contributed by atoms with E-state index in [-0.39, 0.29) is 13.1 Å². The molecule has 0 heterocycles. The third-order valence-corrected chi connectivity index (χ3v) is 2.03. The van der Waals surface area contributed by atoms with Crippen LogP contribution in [0.4, 0.5) is 22.4 Å². The summed E-state index contributed by atoms with van der Waals surface area (Å²) in [5, 5.41) is 2.02. The lowest BCUT2D eigenvalue weighted by atomic mass is 10.3. The molecule has 0 aliphatic heterocycles. The van der Waals surface area contributed by atoms with Crippen molar-refractivity contribution in [1.82, 2.24) is 10.2 Å². The molecule has 8 heteroatoms. The topological polar surface area (TPSA) is 44.7 Å². The molecule has 0 aliphatic rings. The summed E-state index contributed by atoms with van der Waals surface area (Å²) < 4.78 is 50.0. The monoisotopic (exact) mass is 257 g/mol. The Morgan fingerprint density at radius 2 is 1.82 bits per heavy atom. The van der Waals surface area contributed by atoms with E-state index in [9.17, 15) is 22.4 Å². The van der Waals surface area contributed by atoms with E-state index in [1.807, 2.05) is 5.32 Å². The lowest BCUT2D eigenvalue weighted by Crippen LogP contribution is -2.45. The molecule has 1 N–H and O–H groups in total. The Bertz CT molecular complexity index is 286. The molecule has 0 rings (SSSR count). The van der Waals surface area contributed by atoms with E-state index in [1.54, 1.807) is 13.8 Å². The summed E-state index contributed by atoms with van der Waals surface area (Å²) in [6.45, 7) is 3.35. The maximum Gasteiger partial charge on any atom is 0.427 e. The van der Waals surface area contributed by atoms with Crippen LogP contribution < -0.4 is 5.32 Å². The molecule has 0 radical (unpaired) electrons. The average Bonchev–Trinajstić information content (AvgIpc) is 2.26. The number of halogens is 4. The van der Waals surface area contributed by atoms with E-state index in [2.05, 4.69) is 4.99 Å². The maximum absolute atomic E-state index is 13.2. The first-order valence-corrected chi connectivity index (χ1v) is 5.03. The number of amides is 2. The van der Waals surface area contributed by atoms with Crippen molar-refractivity contribution in [3.05, 3.63) is 0 Å². The van der Waals surface area contributed by atoms with Crippen molar-refractivity contribution < 1.29 is 22.4 Å². The second kappa shape index (κ2) is 6.41. The summed E-state index contributed by atoms with van der Waals surface area (Å²) in [5.41, 5.74) is 0. The largest absolute Gasteiger partial charge is 0.427 e. The number of aliphatic imine (C=N–C) groups is 1. The second-order valence-corrected chi connectivity index (χ2v) is 3.10. The van der Waals surface area contributed by atoms with Gasteiger partial charge in [0.05, 0.1) is 0 Å². The van der Waals surface area contributed by atoms with Crippen LogP contribution in [0.5, 0.6) is 0 Å². The van der Waals surface area contributed by atoms with Gasteiger partial charge in [0, 0.05) is 20.1 Å². The van der Waals surface area contributed by atoms with Gasteiger partial charge in [0.15, 0.2) is 5.84 Å². The van der Waals surface area contributed by atoms with E-state index in [1.165, 1.54) is 7.05 Å². The number of nitrogens with one attached hydrogen (secondary N) is 1. The smallest absolute Gasteiger partial charge is 0.358 e. The molecule has 4 nitrogen and oxygen atoms in total. The molecule has 0 spiro atoms. The number of hydrogen-bond acceptors (Lipinski definition) is 1. The summed E-state index contributed by atoms with van der Waals surface area (Å²) in [6, 6.07) is -1.01. The van der Waals surface area contributed by atoms with Crippen LogP contribution in [0.1, 0.15) is 13.8 Å². The molecule has 0 aliphatic carbocycles. The number of rotatable bonds is 3. The molecule has 0 fully saturated rings. The SMILES string of the molecule is CCN(CC)/C(=N/C(=O)NC)C(F)C(F)(F)F. The Balaban J connectivity index is 5.24. The van der Waals surface area contributed by atoms with Gasteiger partial charge in [0.2, 0.25) is 0 Å². The van der Waals surface area contributed by atoms with Gasteiger partial charge in [0.1, 0.15) is 0 Å². The number of alkyl halides is 4. The Kier molecular flexibility index (Phi) is 5.90. The number of nitrogens with zero attached hydrogens (tertiary/aromatic N) is 2. The lowest BCUT2D eigenvalue weighted by molar-refractivity contribution is -0.162. The third-order valence-electron chi connectivity index (χ3n) is 2.03. The molecule has 1 unspecified atom stereocenters. The number of urea groups is 1. The minimum absolute atomic E-state index is 0.128. The van der Waals surface area contributed by atoms with Crippen LogP contribution in [0.15, 0.2) is 4.99 Å². The maximum atomic E-state index is 13.2. The highest BCUT2D eigenvalue weighted by atomic mass is 19.4. The number of hydrogen-bond donors (Lipinski definition) is 1. The highest BCUT2D eigenvalue weighted by Gasteiger charge is 2.45. The quantitative estimate of drug-likeness (QED) is 0.477. The van der Waals surface area contributed by atoms with Crippen LogP contribution in [0.3, 0.4) is 0 Å². The summed E-state index contributed by atoms with van der Waals surface area (Å²) in [4.78, 5) is 15.1. The third kappa shape index (κ3) is 4.58. The Morgan fingerprint density at radius 1 is 1.35 bits per heavy atom. The molecule has 100 valence electrons. The Hall–Kier alpha value is -1.34. The van der Waals surface area contributed by atoms with Crippen LogP contribution in [0.25, 0.3) is 0 Å². The van der Waals surface area contributed by atoms with Gasteiger partial charge in [-0.2, -0.15) is 18.2 Å². The summed E-state index contributed by atoms with van der Waals surface area (Å²) in [6.07, 6.45) is -8.34. The highest BCUT2D eigenvalue weighted by Crippen LogP contribution is 2.25. The zero-order valence-electron chi connectivity index (χ0n) is 9.81. The van der Waals surface area contributed by atoms with Crippen molar-refractivity contribution in [3.63, 3.8) is 0 Å². The van der Waals surface area contributed by atoms with Crippen molar-refractivity contribution in [3.8, 4) is 0 Å². The first-order chi connectivity index (χ1) is 7.77. The zero-order chi connectivity index (χ0) is 13.6. The highest BCUT2D eigenvalue weighted by molar-refractivity contribution is 5.96. The lowest BCUT2D eigenvalue weighted by Gasteiger charge is -2.26. The first kappa shape index (κ1) is 15.7. The van der Waals surface area contributed by atoms with E-state index in [0.717, 1.165) is 4.90 Å². The van der Waals surface area contributed by atoms with Gasteiger partial charge in [-0.1, -0.05) is 0 Å². The summed E-state index contributed by atoms with van der Waals surface area (Å²) in [5.74, 6) is -0.915. The minimum Gasteiger partial charge on any atom is -0.358 e. The van der Waals surface area contributed by atoms with E-state index >= 15 is 0 Å². The molecule has 0 saturated heterocycles. The van der Waals surface area contributed by atoms with Crippen LogP contribution in [0, 0.1) is 0 Å².